The molecule has 0 unspecified atom stereocenters. The van der Waals surface area contributed by atoms with Crippen molar-refractivity contribution in [2.75, 3.05) is 6.61 Å². The Morgan fingerprint density at radius 3 is 3.00 bits per heavy atom. The van der Waals surface area contributed by atoms with Crippen LogP contribution < -0.4 is 0 Å². The Morgan fingerprint density at radius 2 is 2.46 bits per heavy atom. The molecule has 3 heteroatoms. The van der Waals surface area contributed by atoms with Crippen LogP contribution in [0.15, 0.2) is 18.5 Å². The third-order valence-electron chi connectivity index (χ3n) is 1.64. The monoisotopic (exact) mass is 197 g/mol. The van der Waals surface area contributed by atoms with Crippen LogP contribution in [0.4, 0.5) is 0 Å². The summed E-state index contributed by atoms with van der Waals surface area (Å²) in [6.45, 7) is 8.56. The van der Waals surface area contributed by atoms with Gasteiger partial charge >= 0.3 is 0 Å². The number of hydrogen-bond donors (Lipinski definition) is 0. The summed E-state index contributed by atoms with van der Waals surface area (Å²) >= 11 is 1.74. The van der Waals surface area contributed by atoms with E-state index in [-0.39, 0.29) is 0 Å². The number of allylic oxidation sites excluding steroid dienone is 1. The molecule has 2 nitrogen and oxygen atoms in total. The summed E-state index contributed by atoms with van der Waals surface area (Å²) in [5.74, 6) is 0.857. The summed E-state index contributed by atoms with van der Waals surface area (Å²) in [4.78, 5) is 5.53. The minimum absolute atomic E-state index is 0.704. The number of hydrogen-bond acceptors (Lipinski definition) is 3. The van der Waals surface area contributed by atoms with E-state index in [0.717, 1.165) is 18.6 Å². The van der Waals surface area contributed by atoms with Gasteiger partial charge in [-0.1, -0.05) is 6.58 Å². The van der Waals surface area contributed by atoms with Gasteiger partial charge < -0.3 is 4.74 Å². The smallest absolute Gasteiger partial charge is 0.0932 e. The summed E-state index contributed by atoms with van der Waals surface area (Å²) < 4.78 is 5.25. The van der Waals surface area contributed by atoms with Gasteiger partial charge in [0.1, 0.15) is 0 Å². The SMILES string of the molecule is C=C(CCc1ncc(C)s1)OCC. The molecule has 1 heterocycles. The summed E-state index contributed by atoms with van der Waals surface area (Å²) in [5.41, 5.74) is 0. The van der Waals surface area contributed by atoms with Gasteiger partial charge in [-0.2, -0.15) is 0 Å². The van der Waals surface area contributed by atoms with E-state index in [0.29, 0.717) is 6.61 Å². The van der Waals surface area contributed by atoms with E-state index in [9.17, 15) is 0 Å². The first-order valence-corrected chi connectivity index (χ1v) is 5.26. The zero-order valence-electron chi connectivity index (χ0n) is 8.17. The molecule has 0 aliphatic rings. The number of nitrogens with zero attached hydrogens (tertiary/aromatic N) is 1. The van der Waals surface area contributed by atoms with Gasteiger partial charge in [-0.25, -0.2) is 4.98 Å². The van der Waals surface area contributed by atoms with Crippen molar-refractivity contribution in [2.45, 2.75) is 26.7 Å². The second-order valence-electron chi connectivity index (χ2n) is 2.84. The summed E-state index contributed by atoms with van der Waals surface area (Å²) in [6, 6.07) is 0. The molecule has 1 aromatic rings. The third-order valence-corrected chi connectivity index (χ3v) is 2.61. The fourth-order valence-corrected chi connectivity index (χ4v) is 1.83. The quantitative estimate of drug-likeness (QED) is 0.677. The molecule has 13 heavy (non-hydrogen) atoms. The van der Waals surface area contributed by atoms with E-state index in [4.69, 9.17) is 4.74 Å². The average Bonchev–Trinajstić information content (AvgIpc) is 2.49. The fourth-order valence-electron chi connectivity index (χ4n) is 1.04. The van der Waals surface area contributed by atoms with Crippen molar-refractivity contribution in [3.63, 3.8) is 0 Å². The topological polar surface area (TPSA) is 22.1 Å². The second kappa shape index (κ2) is 5.02. The maximum atomic E-state index is 5.25. The molecule has 72 valence electrons. The first kappa shape index (κ1) is 10.3. The normalized spacial score (nSPS) is 10.0. The molecule has 0 aromatic carbocycles. The Morgan fingerprint density at radius 1 is 1.69 bits per heavy atom. The molecule has 0 saturated carbocycles. The molecule has 0 saturated heterocycles. The molecule has 0 radical (unpaired) electrons. The summed E-state index contributed by atoms with van der Waals surface area (Å²) in [6.07, 6.45) is 3.72. The van der Waals surface area contributed by atoms with Crippen molar-refractivity contribution in [2.24, 2.45) is 0 Å². The summed E-state index contributed by atoms with van der Waals surface area (Å²) in [5, 5.41) is 1.17. The summed E-state index contributed by atoms with van der Waals surface area (Å²) in [7, 11) is 0. The fraction of sp³-hybridized carbons (Fsp3) is 0.500. The maximum absolute atomic E-state index is 5.25. The zero-order valence-corrected chi connectivity index (χ0v) is 8.99. The Hall–Kier alpha value is -0.830. The van der Waals surface area contributed by atoms with Gasteiger partial charge in [0.15, 0.2) is 0 Å². The van der Waals surface area contributed by atoms with Crippen molar-refractivity contribution < 1.29 is 4.74 Å². The van der Waals surface area contributed by atoms with Gasteiger partial charge in [0, 0.05) is 23.9 Å². The van der Waals surface area contributed by atoms with Crippen LogP contribution in [0.3, 0.4) is 0 Å². The number of aromatic nitrogens is 1. The minimum atomic E-state index is 0.704. The number of thiazole rings is 1. The van der Waals surface area contributed by atoms with Crippen LogP contribution in [0, 0.1) is 6.92 Å². The molecule has 0 bridgehead atoms. The van der Waals surface area contributed by atoms with Crippen LogP contribution in [0.2, 0.25) is 0 Å². The van der Waals surface area contributed by atoms with Crippen molar-refractivity contribution in [1.29, 1.82) is 0 Å². The number of aryl methyl sites for hydroxylation is 2. The van der Waals surface area contributed by atoms with Gasteiger partial charge in [-0.3, -0.25) is 0 Å². The van der Waals surface area contributed by atoms with E-state index < -0.39 is 0 Å². The Kier molecular flexibility index (Phi) is 3.96. The predicted molar refractivity (Wildman–Crippen MR) is 55.9 cm³/mol. The lowest BCUT2D eigenvalue weighted by atomic mass is 10.3. The van der Waals surface area contributed by atoms with Crippen molar-refractivity contribution in [3.05, 3.63) is 28.4 Å². The maximum Gasteiger partial charge on any atom is 0.0932 e. The van der Waals surface area contributed by atoms with Crippen LogP contribution in [-0.2, 0) is 11.2 Å². The highest BCUT2D eigenvalue weighted by molar-refractivity contribution is 7.11. The van der Waals surface area contributed by atoms with Crippen LogP contribution in [0.1, 0.15) is 23.2 Å². The first-order chi connectivity index (χ1) is 6.22. The highest BCUT2D eigenvalue weighted by atomic mass is 32.1. The van der Waals surface area contributed by atoms with Gasteiger partial charge in [0.2, 0.25) is 0 Å². The highest BCUT2D eigenvalue weighted by Crippen LogP contribution is 2.15. The molecule has 0 atom stereocenters. The standard InChI is InChI=1S/C10H15NOS/c1-4-12-8(2)5-6-10-11-7-9(3)13-10/h7H,2,4-6H2,1,3H3. The molecule has 0 fully saturated rings. The molecule has 0 spiro atoms. The lowest BCUT2D eigenvalue weighted by Gasteiger charge is -2.04. The van der Waals surface area contributed by atoms with Gasteiger partial charge in [-0.15, -0.1) is 11.3 Å². The molecule has 1 aromatic heterocycles. The Labute approximate surface area is 83.3 Å². The largest absolute Gasteiger partial charge is 0.499 e. The molecule has 0 N–H and O–H groups in total. The second-order valence-corrected chi connectivity index (χ2v) is 4.16. The molecular weight excluding hydrogens is 182 g/mol. The van der Waals surface area contributed by atoms with E-state index in [1.165, 1.54) is 9.88 Å². The van der Waals surface area contributed by atoms with Gasteiger partial charge in [0.05, 0.1) is 17.4 Å². The van der Waals surface area contributed by atoms with Crippen LogP contribution in [-0.4, -0.2) is 11.6 Å². The van der Waals surface area contributed by atoms with E-state index >= 15 is 0 Å². The van der Waals surface area contributed by atoms with Gasteiger partial charge in [-0.05, 0) is 13.8 Å². The first-order valence-electron chi connectivity index (χ1n) is 4.44. The molecule has 0 aliphatic carbocycles. The van der Waals surface area contributed by atoms with Crippen LogP contribution >= 0.6 is 11.3 Å². The lowest BCUT2D eigenvalue weighted by Crippen LogP contribution is -1.92. The Balaban J connectivity index is 2.30. The lowest BCUT2D eigenvalue weighted by molar-refractivity contribution is 0.220. The van der Waals surface area contributed by atoms with Crippen molar-refractivity contribution in [3.8, 4) is 0 Å². The van der Waals surface area contributed by atoms with E-state index in [1.807, 2.05) is 13.1 Å². The Bertz CT molecular complexity index is 280. The van der Waals surface area contributed by atoms with E-state index in [1.54, 1.807) is 11.3 Å². The molecule has 0 aliphatic heterocycles. The molecule has 1 rings (SSSR count). The molecule has 0 amide bonds. The van der Waals surface area contributed by atoms with Crippen molar-refractivity contribution in [1.82, 2.24) is 4.98 Å². The van der Waals surface area contributed by atoms with Gasteiger partial charge in [0.25, 0.3) is 0 Å². The minimum Gasteiger partial charge on any atom is -0.499 e. The van der Waals surface area contributed by atoms with E-state index in [2.05, 4.69) is 18.5 Å². The van der Waals surface area contributed by atoms with Crippen LogP contribution in [0.25, 0.3) is 0 Å². The highest BCUT2D eigenvalue weighted by Gasteiger charge is 2.00. The molecular formula is C10H15NOS. The third kappa shape index (κ3) is 3.59. The number of ether oxygens (including phenoxy) is 1. The zero-order chi connectivity index (χ0) is 9.68. The van der Waals surface area contributed by atoms with Crippen molar-refractivity contribution >= 4 is 11.3 Å². The number of rotatable bonds is 5. The average molecular weight is 197 g/mol. The van der Waals surface area contributed by atoms with Crippen LogP contribution in [0.5, 0.6) is 0 Å². The predicted octanol–water partition coefficient (Wildman–Crippen LogP) is 2.93.